The Morgan fingerprint density at radius 2 is 2.20 bits per heavy atom. The maximum absolute atomic E-state index is 9.60. The largest absolute Gasteiger partial charge is 0.478 e. The van der Waals surface area contributed by atoms with Crippen molar-refractivity contribution in [3.05, 3.63) is 36.0 Å². The number of allylic oxidation sites excluding steroid dienone is 4. The highest BCUT2D eigenvalue weighted by Gasteiger charge is 2.29. The summed E-state index contributed by atoms with van der Waals surface area (Å²) in [5.41, 5.74) is 1.84. The van der Waals surface area contributed by atoms with Crippen molar-refractivity contribution in [3.8, 4) is 0 Å². The fraction of sp³-hybridized carbons (Fsp3) is 0.462. The smallest absolute Gasteiger partial charge is 0.330 e. The van der Waals surface area contributed by atoms with E-state index < -0.39 is 5.97 Å². The second-order valence-corrected chi connectivity index (χ2v) is 4.14. The molecule has 0 radical (unpaired) electrons. The monoisotopic (exact) mass is 206 g/mol. The van der Waals surface area contributed by atoms with Crippen molar-refractivity contribution >= 4 is 5.97 Å². The molecule has 2 bridgehead atoms. The van der Waals surface area contributed by atoms with Gasteiger partial charge in [-0.3, -0.25) is 0 Å². The second kappa shape index (κ2) is 4.96. The van der Waals surface area contributed by atoms with Crippen LogP contribution in [-0.2, 0) is 4.79 Å². The van der Waals surface area contributed by atoms with Crippen LogP contribution in [0.3, 0.4) is 0 Å². The summed E-state index contributed by atoms with van der Waals surface area (Å²) in [6, 6.07) is 0. The number of rotatable bonds is 1. The number of hydrogen-bond acceptors (Lipinski definition) is 1. The third kappa shape index (κ3) is 3.08. The van der Waals surface area contributed by atoms with E-state index in [-0.39, 0.29) is 5.57 Å². The van der Waals surface area contributed by atoms with Crippen molar-refractivity contribution in [1.82, 2.24) is 0 Å². The van der Waals surface area contributed by atoms with Crippen LogP contribution in [-0.4, -0.2) is 11.1 Å². The summed E-state index contributed by atoms with van der Waals surface area (Å²) in [5.74, 6) is 0.802. The lowest BCUT2D eigenvalue weighted by atomic mass is 10.0. The molecule has 0 saturated heterocycles. The zero-order valence-corrected chi connectivity index (χ0v) is 9.36. The molecule has 1 saturated carbocycles. The third-order valence-corrected chi connectivity index (χ3v) is 2.88. The van der Waals surface area contributed by atoms with Gasteiger partial charge in [-0.2, -0.15) is 0 Å². The fourth-order valence-corrected chi connectivity index (χ4v) is 1.99. The van der Waals surface area contributed by atoms with Crippen molar-refractivity contribution in [3.63, 3.8) is 0 Å². The molecule has 0 aromatic carbocycles. The average Bonchev–Trinajstić information content (AvgIpc) is 2.79. The van der Waals surface area contributed by atoms with Crippen molar-refractivity contribution in [2.45, 2.75) is 26.7 Å². The molecule has 2 nitrogen and oxygen atoms in total. The van der Waals surface area contributed by atoms with Crippen LogP contribution in [0, 0.1) is 11.8 Å². The number of carboxylic acid groups (broad SMARTS) is 1. The molecule has 0 spiro atoms. The Morgan fingerprint density at radius 1 is 1.60 bits per heavy atom. The van der Waals surface area contributed by atoms with E-state index in [2.05, 4.69) is 31.7 Å². The minimum absolute atomic E-state index is 0.176. The summed E-state index contributed by atoms with van der Waals surface area (Å²) < 4.78 is 0. The summed E-state index contributed by atoms with van der Waals surface area (Å²) >= 11 is 0. The van der Waals surface area contributed by atoms with E-state index in [1.165, 1.54) is 19.8 Å². The minimum Gasteiger partial charge on any atom is -0.478 e. The minimum atomic E-state index is -0.935. The molecule has 2 atom stereocenters. The molecular formula is C13H18O2. The molecule has 2 rings (SSSR count). The normalized spacial score (nSPS) is 28.8. The van der Waals surface area contributed by atoms with Gasteiger partial charge in [0.2, 0.25) is 0 Å². The lowest BCUT2D eigenvalue weighted by Gasteiger charge is -2.05. The van der Waals surface area contributed by atoms with E-state index in [4.69, 9.17) is 5.11 Å². The van der Waals surface area contributed by atoms with Gasteiger partial charge in [0.15, 0.2) is 0 Å². The third-order valence-electron chi connectivity index (χ3n) is 2.88. The predicted molar refractivity (Wildman–Crippen MR) is 61.6 cm³/mol. The second-order valence-electron chi connectivity index (χ2n) is 4.14. The standard InChI is InChI=1S/C9H12.C4H6O2/c1-2-8-5-7-3-4-9(8)6-7;1-3(2)4(5)6/h2-4,7,9H,5-6H2,1H3;1H2,2H3,(H,5,6)/b8-2+;. The Hall–Kier alpha value is -1.31. The molecular weight excluding hydrogens is 188 g/mol. The van der Waals surface area contributed by atoms with E-state index >= 15 is 0 Å². The number of carbonyl (C=O) groups is 1. The number of hydrogen-bond donors (Lipinski definition) is 1. The van der Waals surface area contributed by atoms with E-state index in [1.807, 2.05) is 0 Å². The lowest BCUT2D eigenvalue weighted by Crippen LogP contribution is -1.92. The summed E-state index contributed by atoms with van der Waals surface area (Å²) in [6.45, 7) is 6.76. The van der Waals surface area contributed by atoms with Crippen LogP contribution in [0.25, 0.3) is 0 Å². The van der Waals surface area contributed by atoms with Gasteiger partial charge in [0.25, 0.3) is 0 Å². The first-order chi connectivity index (χ1) is 7.04. The fourth-order valence-electron chi connectivity index (χ4n) is 1.99. The highest BCUT2D eigenvalue weighted by atomic mass is 16.4. The number of fused-ring (bicyclic) bond motifs is 2. The molecule has 2 unspecified atom stereocenters. The molecule has 0 aliphatic heterocycles. The molecule has 2 heteroatoms. The van der Waals surface area contributed by atoms with E-state index in [0.29, 0.717) is 0 Å². The van der Waals surface area contributed by atoms with Crippen LogP contribution >= 0.6 is 0 Å². The van der Waals surface area contributed by atoms with Crippen LogP contribution in [0.4, 0.5) is 0 Å². The van der Waals surface area contributed by atoms with Crippen molar-refractivity contribution in [2.75, 3.05) is 0 Å². The Labute approximate surface area is 91.0 Å². The molecule has 15 heavy (non-hydrogen) atoms. The number of carboxylic acids is 1. The Balaban J connectivity index is 0.000000167. The van der Waals surface area contributed by atoms with Gasteiger partial charge >= 0.3 is 5.97 Å². The van der Waals surface area contributed by atoms with Gasteiger partial charge in [-0.1, -0.05) is 30.4 Å². The van der Waals surface area contributed by atoms with E-state index in [9.17, 15) is 4.79 Å². The summed E-state index contributed by atoms with van der Waals surface area (Å²) in [7, 11) is 0. The highest BCUT2D eigenvalue weighted by Crippen LogP contribution is 2.42. The Kier molecular flexibility index (Phi) is 3.89. The highest BCUT2D eigenvalue weighted by molar-refractivity contribution is 5.84. The van der Waals surface area contributed by atoms with Crippen LogP contribution in [0.2, 0.25) is 0 Å². The Morgan fingerprint density at radius 3 is 2.40 bits per heavy atom. The van der Waals surface area contributed by atoms with Gasteiger partial charge in [-0.05, 0) is 38.5 Å². The lowest BCUT2D eigenvalue weighted by molar-refractivity contribution is -0.132. The van der Waals surface area contributed by atoms with Crippen molar-refractivity contribution in [2.24, 2.45) is 11.8 Å². The van der Waals surface area contributed by atoms with Crippen molar-refractivity contribution < 1.29 is 9.90 Å². The quantitative estimate of drug-likeness (QED) is 0.528. The SMILES string of the molecule is C/C=C1\CC2C=CC1C2.C=C(C)C(=O)O. The van der Waals surface area contributed by atoms with Crippen LogP contribution in [0.15, 0.2) is 36.0 Å². The topological polar surface area (TPSA) is 37.3 Å². The first kappa shape index (κ1) is 11.8. The molecule has 0 amide bonds. The van der Waals surface area contributed by atoms with Gasteiger partial charge in [0.05, 0.1) is 0 Å². The van der Waals surface area contributed by atoms with Crippen LogP contribution in [0.5, 0.6) is 0 Å². The van der Waals surface area contributed by atoms with Crippen molar-refractivity contribution in [1.29, 1.82) is 0 Å². The molecule has 0 aromatic rings. The predicted octanol–water partition coefficient (Wildman–Crippen LogP) is 3.18. The maximum Gasteiger partial charge on any atom is 0.330 e. The molecule has 82 valence electrons. The van der Waals surface area contributed by atoms with Crippen LogP contribution < -0.4 is 0 Å². The first-order valence-electron chi connectivity index (χ1n) is 5.26. The molecule has 2 aliphatic rings. The van der Waals surface area contributed by atoms with Gasteiger partial charge < -0.3 is 5.11 Å². The molecule has 0 aromatic heterocycles. The van der Waals surface area contributed by atoms with Gasteiger partial charge in [0.1, 0.15) is 0 Å². The zero-order chi connectivity index (χ0) is 11.4. The summed E-state index contributed by atoms with van der Waals surface area (Å²) in [4.78, 5) is 9.60. The Bertz CT molecular complexity index is 311. The van der Waals surface area contributed by atoms with Gasteiger partial charge in [-0.25, -0.2) is 4.79 Å². The molecule has 1 fully saturated rings. The molecule has 2 aliphatic carbocycles. The average molecular weight is 206 g/mol. The maximum atomic E-state index is 9.60. The summed E-state index contributed by atoms with van der Waals surface area (Å²) in [6.07, 6.45) is 9.77. The van der Waals surface area contributed by atoms with Gasteiger partial charge in [-0.15, -0.1) is 0 Å². The number of aliphatic carboxylic acids is 1. The summed E-state index contributed by atoms with van der Waals surface area (Å²) in [5, 5.41) is 7.89. The van der Waals surface area contributed by atoms with E-state index in [0.717, 1.165) is 11.8 Å². The van der Waals surface area contributed by atoms with Crippen LogP contribution in [0.1, 0.15) is 26.7 Å². The van der Waals surface area contributed by atoms with Gasteiger partial charge in [0, 0.05) is 5.57 Å². The zero-order valence-electron chi connectivity index (χ0n) is 9.36. The van der Waals surface area contributed by atoms with E-state index in [1.54, 1.807) is 5.57 Å². The molecule has 0 heterocycles. The molecule has 1 N–H and O–H groups in total. The first-order valence-corrected chi connectivity index (χ1v) is 5.26.